The number of fused-ring (bicyclic) bond motifs is 1. The molecule has 1 amide bonds. The molecule has 17 heavy (non-hydrogen) atoms. The van der Waals surface area contributed by atoms with Crippen molar-refractivity contribution in [3.63, 3.8) is 0 Å². The topological polar surface area (TPSA) is 70.9 Å². The summed E-state index contributed by atoms with van der Waals surface area (Å²) in [5.74, 6) is 0.280. The van der Waals surface area contributed by atoms with Gasteiger partial charge in [0.15, 0.2) is 0 Å². The highest BCUT2D eigenvalue weighted by Crippen LogP contribution is 2.21. The Morgan fingerprint density at radius 3 is 2.88 bits per heavy atom. The van der Waals surface area contributed by atoms with Crippen molar-refractivity contribution in [2.75, 3.05) is 5.88 Å². The van der Waals surface area contributed by atoms with Crippen LogP contribution in [0, 0.1) is 13.8 Å². The molecule has 0 spiro atoms. The second kappa shape index (κ2) is 4.81. The Morgan fingerprint density at radius 1 is 1.41 bits per heavy atom. The lowest BCUT2D eigenvalue weighted by Gasteiger charge is -1.99. The van der Waals surface area contributed by atoms with Gasteiger partial charge in [0.2, 0.25) is 0 Å². The van der Waals surface area contributed by atoms with E-state index in [1.165, 1.54) is 5.56 Å². The Kier molecular flexibility index (Phi) is 3.40. The molecule has 0 bridgehead atoms. The average molecular weight is 249 g/mol. The predicted octanol–water partition coefficient (Wildman–Crippen LogP) is 2.08. The van der Waals surface area contributed by atoms with Crippen LogP contribution >= 0.6 is 11.9 Å². The Labute approximate surface area is 104 Å². The van der Waals surface area contributed by atoms with E-state index in [1.807, 2.05) is 19.9 Å². The maximum atomic E-state index is 11.8. The summed E-state index contributed by atoms with van der Waals surface area (Å²) in [7, 11) is 0. The van der Waals surface area contributed by atoms with Gasteiger partial charge in [-0.2, -0.15) is 0 Å². The lowest BCUT2D eigenvalue weighted by molar-refractivity contribution is 0.0957. The van der Waals surface area contributed by atoms with Crippen molar-refractivity contribution in [2.24, 2.45) is 5.14 Å². The second-order valence-electron chi connectivity index (χ2n) is 4.05. The smallest absolute Gasteiger partial charge is 0.268 e. The van der Waals surface area contributed by atoms with Gasteiger partial charge in [-0.05, 0) is 31.5 Å². The van der Waals surface area contributed by atoms with E-state index in [2.05, 4.69) is 22.4 Å². The number of nitrogens with one attached hydrogen (secondary N) is 2. The SMILES string of the molecule is Cc1cc(C)c2[nH]c(C(=O)NCSN)cc2c1. The van der Waals surface area contributed by atoms with Gasteiger partial charge in [0, 0.05) is 10.9 Å². The van der Waals surface area contributed by atoms with Gasteiger partial charge in [0.1, 0.15) is 5.69 Å². The van der Waals surface area contributed by atoms with E-state index in [1.54, 1.807) is 0 Å². The largest absolute Gasteiger partial charge is 0.350 e. The maximum absolute atomic E-state index is 11.8. The average Bonchev–Trinajstić information content (AvgIpc) is 2.69. The quantitative estimate of drug-likeness (QED) is 0.576. The Hall–Kier alpha value is -1.46. The molecule has 0 atom stereocenters. The molecule has 0 radical (unpaired) electrons. The molecule has 1 heterocycles. The maximum Gasteiger partial charge on any atom is 0.268 e. The van der Waals surface area contributed by atoms with Gasteiger partial charge in [-0.1, -0.05) is 23.6 Å². The summed E-state index contributed by atoms with van der Waals surface area (Å²) in [5, 5.41) is 9.04. The van der Waals surface area contributed by atoms with E-state index >= 15 is 0 Å². The van der Waals surface area contributed by atoms with Gasteiger partial charge in [0.05, 0.1) is 5.88 Å². The first kappa shape index (κ1) is 12.0. The lowest BCUT2D eigenvalue weighted by atomic mass is 10.1. The number of nitrogens with two attached hydrogens (primary N) is 1. The zero-order valence-corrected chi connectivity index (χ0v) is 10.6. The van der Waals surface area contributed by atoms with Gasteiger partial charge in [-0.15, -0.1) is 0 Å². The summed E-state index contributed by atoms with van der Waals surface area (Å²) in [5.41, 5.74) is 3.93. The van der Waals surface area contributed by atoms with Crippen LogP contribution in [0.3, 0.4) is 0 Å². The van der Waals surface area contributed by atoms with Crippen LogP contribution in [0.15, 0.2) is 18.2 Å². The normalized spacial score (nSPS) is 10.8. The molecule has 0 fully saturated rings. The fraction of sp³-hybridized carbons (Fsp3) is 0.250. The van der Waals surface area contributed by atoms with Crippen LogP contribution in [-0.2, 0) is 0 Å². The van der Waals surface area contributed by atoms with E-state index in [0.717, 1.165) is 28.4 Å². The highest BCUT2D eigenvalue weighted by Gasteiger charge is 2.10. The molecule has 4 nitrogen and oxygen atoms in total. The van der Waals surface area contributed by atoms with Crippen LogP contribution < -0.4 is 10.5 Å². The molecule has 2 aromatic rings. The van der Waals surface area contributed by atoms with Gasteiger partial charge in [-0.25, -0.2) is 0 Å². The molecule has 0 saturated heterocycles. The van der Waals surface area contributed by atoms with Crippen molar-refractivity contribution in [1.82, 2.24) is 10.3 Å². The molecular formula is C12H15N3OS. The minimum atomic E-state index is -0.129. The summed E-state index contributed by atoms with van der Waals surface area (Å²) < 4.78 is 0. The predicted molar refractivity (Wildman–Crippen MR) is 71.9 cm³/mol. The number of aryl methyl sites for hydroxylation is 2. The van der Waals surface area contributed by atoms with Crippen LogP contribution in [0.25, 0.3) is 10.9 Å². The zero-order valence-electron chi connectivity index (χ0n) is 9.83. The molecule has 5 heteroatoms. The summed E-state index contributed by atoms with van der Waals surface area (Å²) in [6.07, 6.45) is 0. The first-order valence-electron chi connectivity index (χ1n) is 5.31. The van der Waals surface area contributed by atoms with E-state index < -0.39 is 0 Å². The van der Waals surface area contributed by atoms with Gasteiger partial charge < -0.3 is 10.3 Å². The number of hydrogen-bond donors (Lipinski definition) is 3. The zero-order chi connectivity index (χ0) is 12.4. The van der Waals surface area contributed by atoms with Crippen molar-refractivity contribution in [1.29, 1.82) is 0 Å². The third kappa shape index (κ3) is 2.45. The third-order valence-corrected chi connectivity index (χ3v) is 2.94. The number of amides is 1. The number of H-pyrrole nitrogens is 1. The van der Waals surface area contributed by atoms with Gasteiger partial charge in [0.25, 0.3) is 5.91 Å². The van der Waals surface area contributed by atoms with Crippen LogP contribution in [-0.4, -0.2) is 16.8 Å². The van der Waals surface area contributed by atoms with E-state index in [4.69, 9.17) is 5.14 Å². The number of hydrogen-bond acceptors (Lipinski definition) is 3. The van der Waals surface area contributed by atoms with Crippen molar-refractivity contribution < 1.29 is 4.79 Å². The van der Waals surface area contributed by atoms with Crippen LogP contribution in [0.4, 0.5) is 0 Å². The Balaban J connectivity index is 2.37. The van der Waals surface area contributed by atoms with E-state index in [9.17, 15) is 4.79 Å². The standard InChI is InChI=1S/C12H15N3OS/c1-7-3-8(2)11-9(4-7)5-10(15-11)12(16)14-6-17-13/h3-5,15H,6,13H2,1-2H3,(H,14,16). The first-order valence-corrected chi connectivity index (χ1v) is 6.36. The molecule has 0 unspecified atom stereocenters. The number of aromatic amines is 1. The summed E-state index contributed by atoms with van der Waals surface area (Å²) >= 11 is 1.09. The van der Waals surface area contributed by atoms with Crippen molar-refractivity contribution in [3.05, 3.63) is 35.0 Å². The molecule has 0 aliphatic rings. The summed E-state index contributed by atoms with van der Waals surface area (Å²) in [6, 6.07) is 6.02. The molecular weight excluding hydrogens is 234 g/mol. The first-order chi connectivity index (χ1) is 8.11. The highest BCUT2D eigenvalue weighted by atomic mass is 32.2. The molecule has 0 aliphatic heterocycles. The number of aromatic nitrogens is 1. The van der Waals surface area contributed by atoms with Crippen LogP contribution in [0.2, 0.25) is 0 Å². The highest BCUT2D eigenvalue weighted by molar-refractivity contribution is 7.97. The van der Waals surface area contributed by atoms with Crippen molar-refractivity contribution in [3.8, 4) is 0 Å². The Bertz CT molecular complexity index is 562. The fourth-order valence-electron chi connectivity index (χ4n) is 1.94. The van der Waals surface area contributed by atoms with Crippen LogP contribution in [0.5, 0.6) is 0 Å². The third-order valence-electron chi connectivity index (χ3n) is 2.63. The van der Waals surface area contributed by atoms with Gasteiger partial charge >= 0.3 is 0 Å². The molecule has 1 aromatic carbocycles. The van der Waals surface area contributed by atoms with Gasteiger partial charge in [-0.3, -0.25) is 9.93 Å². The monoisotopic (exact) mass is 249 g/mol. The molecule has 1 aromatic heterocycles. The lowest BCUT2D eigenvalue weighted by Crippen LogP contribution is -2.23. The number of carbonyl (C=O) groups excluding carboxylic acids is 1. The summed E-state index contributed by atoms with van der Waals surface area (Å²) in [4.78, 5) is 14.9. The number of benzene rings is 1. The molecule has 2 rings (SSSR count). The fourth-order valence-corrected chi connectivity index (χ4v) is 2.15. The summed E-state index contributed by atoms with van der Waals surface area (Å²) in [6.45, 7) is 4.08. The van der Waals surface area contributed by atoms with Crippen molar-refractivity contribution >= 4 is 28.8 Å². The minimum Gasteiger partial charge on any atom is -0.350 e. The van der Waals surface area contributed by atoms with E-state index in [-0.39, 0.29) is 5.91 Å². The van der Waals surface area contributed by atoms with E-state index in [0.29, 0.717) is 11.6 Å². The molecule has 4 N–H and O–H groups in total. The second-order valence-corrected chi connectivity index (χ2v) is 4.67. The Morgan fingerprint density at radius 2 is 2.18 bits per heavy atom. The number of rotatable bonds is 3. The van der Waals surface area contributed by atoms with Crippen molar-refractivity contribution in [2.45, 2.75) is 13.8 Å². The molecule has 90 valence electrons. The number of carbonyl (C=O) groups is 1. The minimum absolute atomic E-state index is 0.129. The molecule has 0 saturated carbocycles. The molecule has 0 aliphatic carbocycles. The van der Waals surface area contributed by atoms with Crippen LogP contribution in [0.1, 0.15) is 21.6 Å².